The molecule has 0 bridgehead atoms. The number of aryl methyl sites for hydroxylation is 2. The minimum Gasteiger partial charge on any atom is -0.405 e. The molecular formula is C13H23N. The summed E-state index contributed by atoms with van der Waals surface area (Å²) in [5.74, 6) is 0. The fourth-order valence-electron chi connectivity index (χ4n) is 1.04. The van der Waals surface area contributed by atoms with Gasteiger partial charge in [0.1, 0.15) is 0 Å². The molecule has 1 heteroatoms. The van der Waals surface area contributed by atoms with Crippen molar-refractivity contribution >= 4 is 6.08 Å². The van der Waals surface area contributed by atoms with Gasteiger partial charge in [0.15, 0.2) is 0 Å². The molecule has 14 heavy (non-hydrogen) atoms. The maximum Gasteiger partial charge on any atom is -0.00563 e. The molecular weight excluding hydrogens is 170 g/mol. The monoisotopic (exact) mass is 193 g/mol. The van der Waals surface area contributed by atoms with E-state index in [2.05, 4.69) is 32.0 Å². The molecule has 0 aliphatic rings. The first-order valence-electron chi connectivity index (χ1n) is 4.69. The summed E-state index contributed by atoms with van der Waals surface area (Å²) < 4.78 is 0. The SMILES string of the molecule is C.CC.Cc1ccc(C)c(/C=C\N)c1. The third-order valence-electron chi connectivity index (χ3n) is 1.71. The van der Waals surface area contributed by atoms with Crippen molar-refractivity contribution in [3.8, 4) is 0 Å². The summed E-state index contributed by atoms with van der Waals surface area (Å²) in [4.78, 5) is 0. The van der Waals surface area contributed by atoms with Gasteiger partial charge in [0, 0.05) is 0 Å². The highest BCUT2D eigenvalue weighted by Crippen LogP contribution is 2.11. The zero-order valence-electron chi connectivity index (χ0n) is 8.96. The molecule has 80 valence electrons. The van der Waals surface area contributed by atoms with Gasteiger partial charge in [-0.1, -0.05) is 45.0 Å². The smallest absolute Gasteiger partial charge is 0.00563 e. The molecule has 0 fully saturated rings. The van der Waals surface area contributed by atoms with Gasteiger partial charge in [-0.15, -0.1) is 0 Å². The average molecular weight is 193 g/mol. The van der Waals surface area contributed by atoms with Crippen molar-refractivity contribution < 1.29 is 0 Å². The van der Waals surface area contributed by atoms with Gasteiger partial charge >= 0.3 is 0 Å². The Labute approximate surface area is 88.6 Å². The van der Waals surface area contributed by atoms with Crippen LogP contribution in [-0.4, -0.2) is 0 Å². The molecule has 0 unspecified atom stereocenters. The number of rotatable bonds is 1. The highest BCUT2D eigenvalue weighted by atomic mass is 14.5. The summed E-state index contributed by atoms with van der Waals surface area (Å²) >= 11 is 0. The van der Waals surface area contributed by atoms with Gasteiger partial charge in [-0.2, -0.15) is 0 Å². The summed E-state index contributed by atoms with van der Waals surface area (Å²) in [5.41, 5.74) is 9.03. The second-order valence-electron chi connectivity index (χ2n) is 2.72. The molecule has 1 aromatic rings. The van der Waals surface area contributed by atoms with Crippen molar-refractivity contribution in [3.05, 3.63) is 41.1 Å². The molecule has 0 aromatic heterocycles. The van der Waals surface area contributed by atoms with Gasteiger partial charge in [0.05, 0.1) is 0 Å². The Kier molecular flexibility index (Phi) is 9.10. The topological polar surface area (TPSA) is 26.0 Å². The fraction of sp³-hybridized carbons (Fsp3) is 0.385. The summed E-state index contributed by atoms with van der Waals surface area (Å²) in [6.07, 6.45) is 3.49. The fourth-order valence-corrected chi connectivity index (χ4v) is 1.04. The minimum absolute atomic E-state index is 0. The molecule has 1 nitrogen and oxygen atoms in total. The first-order chi connectivity index (χ1) is 6.24. The van der Waals surface area contributed by atoms with E-state index in [0.717, 1.165) is 0 Å². The maximum absolute atomic E-state index is 5.30. The van der Waals surface area contributed by atoms with Crippen molar-refractivity contribution in [2.75, 3.05) is 0 Å². The summed E-state index contributed by atoms with van der Waals surface area (Å²) in [6.45, 7) is 8.15. The van der Waals surface area contributed by atoms with Crippen molar-refractivity contribution in [1.29, 1.82) is 0 Å². The lowest BCUT2D eigenvalue weighted by Gasteiger charge is -2.00. The summed E-state index contributed by atoms with van der Waals surface area (Å²) in [5, 5.41) is 0. The van der Waals surface area contributed by atoms with E-state index in [4.69, 9.17) is 5.73 Å². The Morgan fingerprint density at radius 2 is 1.71 bits per heavy atom. The first kappa shape index (κ1) is 15.2. The molecule has 0 aliphatic heterocycles. The van der Waals surface area contributed by atoms with Crippen LogP contribution in [0.2, 0.25) is 0 Å². The third kappa shape index (κ3) is 4.70. The molecule has 0 saturated carbocycles. The quantitative estimate of drug-likeness (QED) is 0.719. The van der Waals surface area contributed by atoms with Gasteiger partial charge < -0.3 is 5.73 Å². The van der Waals surface area contributed by atoms with Gasteiger partial charge in [0.25, 0.3) is 0 Å². The minimum atomic E-state index is 0. The third-order valence-corrected chi connectivity index (χ3v) is 1.71. The van der Waals surface area contributed by atoms with Crippen LogP contribution in [0.4, 0.5) is 0 Å². The van der Waals surface area contributed by atoms with E-state index in [0.29, 0.717) is 0 Å². The van der Waals surface area contributed by atoms with Crippen LogP contribution >= 0.6 is 0 Å². The maximum atomic E-state index is 5.30. The van der Waals surface area contributed by atoms with E-state index < -0.39 is 0 Å². The predicted molar refractivity (Wildman–Crippen MR) is 67.2 cm³/mol. The summed E-state index contributed by atoms with van der Waals surface area (Å²) in [7, 11) is 0. The summed E-state index contributed by atoms with van der Waals surface area (Å²) in [6, 6.07) is 6.33. The van der Waals surface area contributed by atoms with E-state index in [-0.39, 0.29) is 7.43 Å². The lowest BCUT2D eigenvalue weighted by Crippen LogP contribution is -1.83. The van der Waals surface area contributed by atoms with Crippen LogP contribution in [0, 0.1) is 13.8 Å². The second kappa shape index (κ2) is 8.36. The Morgan fingerprint density at radius 1 is 1.14 bits per heavy atom. The first-order valence-corrected chi connectivity index (χ1v) is 4.69. The Balaban J connectivity index is 0. The highest BCUT2D eigenvalue weighted by molar-refractivity contribution is 5.54. The molecule has 0 radical (unpaired) electrons. The zero-order chi connectivity index (χ0) is 10.3. The van der Waals surface area contributed by atoms with Crippen LogP contribution in [-0.2, 0) is 0 Å². The van der Waals surface area contributed by atoms with E-state index in [1.165, 1.54) is 16.7 Å². The molecule has 1 aromatic carbocycles. The van der Waals surface area contributed by atoms with Crippen molar-refractivity contribution in [1.82, 2.24) is 0 Å². The Morgan fingerprint density at radius 3 is 2.21 bits per heavy atom. The molecule has 0 saturated heterocycles. The van der Waals surface area contributed by atoms with E-state index in [1.54, 1.807) is 6.20 Å². The number of hydrogen-bond donors (Lipinski definition) is 1. The zero-order valence-corrected chi connectivity index (χ0v) is 8.96. The van der Waals surface area contributed by atoms with Crippen LogP contribution in [0.5, 0.6) is 0 Å². The molecule has 1 rings (SSSR count). The Bertz CT molecular complexity index is 275. The van der Waals surface area contributed by atoms with E-state index in [1.807, 2.05) is 19.9 Å². The van der Waals surface area contributed by atoms with Crippen LogP contribution in [0.15, 0.2) is 24.4 Å². The van der Waals surface area contributed by atoms with Crippen molar-refractivity contribution in [2.24, 2.45) is 5.73 Å². The lowest BCUT2D eigenvalue weighted by molar-refractivity contribution is 1.37. The average Bonchev–Trinajstić information content (AvgIpc) is 2.15. The lowest BCUT2D eigenvalue weighted by atomic mass is 10.1. The second-order valence-corrected chi connectivity index (χ2v) is 2.72. The number of benzene rings is 1. The van der Waals surface area contributed by atoms with Crippen LogP contribution in [0.25, 0.3) is 6.08 Å². The Hall–Kier alpha value is -1.24. The normalized spacial score (nSPS) is 8.86. The van der Waals surface area contributed by atoms with Crippen LogP contribution in [0.3, 0.4) is 0 Å². The molecule has 0 aliphatic carbocycles. The van der Waals surface area contributed by atoms with Crippen LogP contribution < -0.4 is 5.73 Å². The molecule has 0 heterocycles. The standard InChI is InChI=1S/C10H13N.C2H6.CH4/c1-8-3-4-9(2)10(7-8)5-6-11;1-2;/h3-7H,11H2,1-2H3;1-2H3;1H4/b6-5-;;. The molecule has 0 atom stereocenters. The van der Waals surface area contributed by atoms with Gasteiger partial charge in [-0.25, -0.2) is 0 Å². The highest BCUT2D eigenvalue weighted by Gasteiger charge is 1.92. The molecule has 0 amide bonds. The molecule has 0 spiro atoms. The van der Waals surface area contributed by atoms with Gasteiger partial charge in [0.2, 0.25) is 0 Å². The number of hydrogen-bond acceptors (Lipinski definition) is 1. The molecule has 2 N–H and O–H groups in total. The van der Waals surface area contributed by atoms with Crippen LogP contribution in [0.1, 0.15) is 38.0 Å². The van der Waals surface area contributed by atoms with E-state index in [9.17, 15) is 0 Å². The largest absolute Gasteiger partial charge is 0.405 e. The van der Waals surface area contributed by atoms with Gasteiger partial charge in [-0.05, 0) is 37.3 Å². The van der Waals surface area contributed by atoms with E-state index >= 15 is 0 Å². The van der Waals surface area contributed by atoms with Crippen molar-refractivity contribution in [2.45, 2.75) is 35.1 Å². The van der Waals surface area contributed by atoms with Crippen molar-refractivity contribution in [3.63, 3.8) is 0 Å². The number of nitrogens with two attached hydrogens (primary N) is 1. The van der Waals surface area contributed by atoms with Gasteiger partial charge in [-0.3, -0.25) is 0 Å². The predicted octanol–water partition coefficient (Wildman–Crippen LogP) is 3.90.